The van der Waals surface area contributed by atoms with Crippen LogP contribution in [0.1, 0.15) is 0 Å². The van der Waals surface area contributed by atoms with Gasteiger partial charge in [-0.15, -0.1) is 0 Å². The van der Waals surface area contributed by atoms with Crippen molar-refractivity contribution in [3.63, 3.8) is 0 Å². The topological polar surface area (TPSA) is 57.6 Å². The Morgan fingerprint density at radius 2 is 1.89 bits per heavy atom. The molecule has 1 N–H and O–H groups in total. The van der Waals surface area contributed by atoms with E-state index in [1.165, 1.54) is 6.26 Å². The largest absolute Gasteiger partial charge is 0.507 e. The summed E-state index contributed by atoms with van der Waals surface area (Å²) in [6.45, 7) is 0.486. The number of rotatable bonds is 2. The monoisotopic (exact) mass is 285 g/mol. The maximum Gasteiger partial charge on any atom is 0.175 e. The Bertz CT molecular complexity index is 617. The number of nitrogens with zero attached hydrogens (tertiary/aromatic N) is 1. The Balaban J connectivity index is 2.27. The summed E-state index contributed by atoms with van der Waals surface area (Å²) in [5.41, 5.74) is 0.810. The van der Waals surface area contributed by atoms with Gasteiger partial charge < -0.3 is 10.0 Å². The first-order valence-electron chi connectivity index (χ1n) is 5.21. The van der Waals surface area contributed by atoms with Crippen molar-refractivity contribution in [3.8, 4) is 0 Å². The third kappa shape index (κ3) is 2.68. The average molecular weight is 286 g/mol. The lowest BCUT2D eigenvalue weighted by atomic mass is 10.2. The molecule has 0 aliphatic carbocycles. The van der Waals surface area contributed by atoms with Crippen LogP contribution in [-0.2, 0) is 9.84 Å². The van der Waals surface area contributed by atoms with Crippen LogP contribution in [0.4, 0.5) is 5.69 Å². The van der Waals surface area contributed by atoms with E-state index in [9.17, 15) is 13.5 Å². The molecule has 0 fully saturated rings. The van der Waals surface area contributed by atoms with Gasteiger partial charge in [0.2, 0.25) is 0 Å². The Hall–Kier alpha value is -1.46. The van der Waals surface area contributed by atoms with E-state index in [1.54, 1.807) is 36.5 Å². The van der Waals surface area contributed by atoms with Gasteiger partial charge in [0.15, 0.2) is 9.84 Å². The summed E-state index contributed by atoms with van der Waals surface area (Å²) < 4.78 is 22.7. The fourth-order valence-electron chi connectivity index (χ4n) is 1.60. The average Bonchev–Trinajstić information content (AvgIpc) is 2.32. The Morgan fingerprint density at radius 1 is 1.28 bits per heavy atom. The molecular weight excluding hydrogens is 274 g/mol. The number of anilines is 1. The zero-order valence-corrected chi connectivity index (χ0v) is 11.2. The van der Waals surface area contributed by atoms with Crippen molar-refractivity contribution in [3.05, 3.63) is 47.3 Å². The molecule has 18 heavy (non-hydrogen) atoms. The van der Waals surface area contributed by atoms with Crippen molar-refractivity contribution < 1.29 is 13.5 Å². The first-order valence-corrected chi connectivity index (χ1v) is 7.48. The molecule has 0 saturated carbocycles. The van der Waals surface area contributed by atoms with Gasteiger partial charge in [0.25, 0.3) is 0 Å². The van der Waals surface area contributed by atoms with E-state index >= 15 is 0 Å². The zero-order chi connectivity index (χ0) is 13.3. The molecule has 0 radical (unpaired) electrons. The van der Waals surface area contributed by atoms with Gasteiger partial charge in [0.05, 0.1) is 9.93 Å². The van der Waals surface area contributed by atoms with Gasteiger partial charge >= 0.3 is 0 Å². The van der Waals surface area contributed by atoms with Crippen molar-refractivity contribution in [2.24, 2.45) is 0 Å². The van der Waals surface area contributed by atoms with Gasteiger partial charge in [-0.05, 0) is 30.3 Å². The van der Waals surface area contributed by atoms with Crippen LogP contribution in [0.2, 0.25) is 0 Å². The minimum atomic E-state index is -3.18. The van der Waals surface area contributed by atoms with Gasteiger partial charge in [0.1, 0.15) is 5.76 Å². The van der Waals surface area contributed by atoms with E-state index < -0.39 is 9.84 Å². The van der Waals surface area contributed by atoms with Crippen molar-refractivity contribution in [2.75, 3.05) is 17.7 Å². The second-order valence-corrected chi connectivity index (χ2v) is 6.41. The summed E-state index contributed by atoms with van der Waals surface area (Å²) in [5.74, 6) is 0.0562. The molecule has 2 rings (SSSR count). The fraction of sp³-hybridized carbons (Fsp3) is 0.167. The van der Waals surface area contributed by atoms with Crippen molar-refractivity contribution in [2.45, 2.75) is 4.90 Å². The third-order valence-corrected chi connectivity index (χ3v) is 4.01. The van der Waals surface area contributed by atoms with Crippen molar-refractivity contribution >= 4 is 27.1 Å². The number of hydrogen-bond donors (Lipinski definition) is 1. The molecule has 0 spiro atoms. The molecule has 1 heterocycles. The second-order valence-electron chi connectivity index (χ2n) is 3.98. The fourth-order valence-corrected chi connectivity index (χ4v) is 2.43. The number of benzene rings is 1. The van der Waals surface area contributed by atoms with Crippen LogP contribution in [0.5, 0.6) is 0 Å². The molecule has 0 saturated heterocycles. The smallest absolute Gasteiger partial charge is 0.175 e. The lowest BCUT2D eigenvalue weighted by Gasteiger charge is -2.22. The van der Waals surface area contributed by atoms with Crippen LogP contribution < -0.4 is 4.90 Å². The summed E-state index contributed by atoms with van der Waals surface area (Å²) in [5, 5.41) is 9.61. The first-order chi connectivity index (χ1) is 8.38. The predicted octanol–water partition coefficient (Wildman–Crippen LogP) is 2.43. The van der Waals surface area contributed by atoms with E-state index in [-0.39, 0.29) is 15.7 Å². The summed E-state index contributed by atoms with van der Waals surface area (Å²) in [6.07, 6.45) is 4.36. The number of aliphatic hydroxyl groups is 1. The quantitative estimate of drug-likeness (QED) is 0.907. The van der Waals surface area contributed by atoms with E-state index in [4.69, 9.17) is 11.6 Å². The minimum absolute atomic E-state index is 0.0562. The minimum Gasteiger partial charge on any atom is -0.507 e. The molecule has 0 atom stereocenters. The molecule has 1 aromatic carbocycles. The van der Waals surface area contributed by atoms with Crippen molar-refractivity contribution in [1.29, 1.82) is 0 Å². The maximum atomic E-state index is 11.3. The lowest BCUT2D eigenvalue weighted by Crippen LogP contribution is -2.20. The first kappa shape index (κ1) is 13.0. The van der Waals surface area contributed by atoms with Gasteiger partial charge in [-0.25, -0.2) is 8.42 Å². The molecule has 6 heteroatoms. The normalized spacial score (nSPS) is 16.2. The zero-order valence-electron chi connectivity index (χ0n) is 9.67. The molecule has 96 valence electrons. The molecule has 4 nitrogen and oxygen atoms in total. The van der Waals surface area contributed by atoms with Crippen molar-refractivity contribution in [1.82, 2.24) is 0 Å². The van der Waals surface area contributed by atoms with E-state index in [0.29, 0.717) is 6.54 Å². The Labute approximate surface area is 111 Å². The summed E-state index contributed by atoms with van der Waals surface area (Å²) >= 11 is 5.82. The Morgan fingerprint density at radius 3 is 2.39 bits per heavy atom. The van der Waals surface area contributed by atoms with Crippen LogP contribution in [0, 0.1) is 0 Å². The standard InChI is InChI=1S/C12H12ClNO3S/c1-18(16,17)10-4-2-9(3-5-10)14-7-6-12(15)11(13)8-14/h2-6,8,15H,7H2,1H3. The highest BCUT2D eigenvalue weighted by Crippen LogP contribution is 2.24. The number of allylic oxidation sites excluding steroid dienone is 1. The van der Waals surface area contributed by atoms with Gasteiger partial charge in [-0.2, -0.15) is 0 Å². The molecule has 1 aromatic rings. The van der Waals surface area contributed by atoms with Crippen LogP contribution in [-0.4, -0.2) is 26.3 Å². The van der Waals surface area contributed by atoms with Crippen LogP contribution >= 0.6 is 11.6 Å². The van der Waals surface area contributed by atoms with Gasteiger partial charge in [-0.3, -0.25) is 0 Å². The number of hydrogen-bond acceptors (Lipinski definition) is 4. The van der Waals surface area contributed by atoms with Crippen LogP contribution in [0.15, 0.2) is 52.2 Å². The lowest BCUT2D eigenvalue weighted by molar-refractivity contribution is 0.425. The number of halogens is 1. The molecule has 1 aliphatic rings. The second kappa shape index (κ2) is 4.66. The number of aliphatic hydroxyl groups excluding tert-OH is 1. The van der Waals surface area contributed by atoms with E-state index in [0.717, 1.165) is 5.69 Å². The SMILES string of the molecule is CS(=O)(=O)c1ccc(N2C=C(Cl)C(O)=CC2)cc1. The Kier molecular flexibility index (Phi) is 3.36. The third-order valence-electron chi connectivity index (χ3n) is 2.59. The number of sulfone groups is 1. The highest BCUT2D eigenvalue weighted by molar-refractivity contribution is 7.90. The molecule has 0 unspecified atom stereocenters. The molecule has 0 aromatic heterocycles. The van der Waals surface area contributed by atoms with Gasteiger partial charge in [-0.1, -0.05) is 11.6 Å². The highest BCUT2D eigenvalue weighted by atomic mass is 35.5. The summed E-state index contributed by atoms with van der Waals surface area (Å²) in [4.78, 5) is 2.09. The van der Waals surface area contributed by atoms with Crippen LogP contribution in [0.25, 0.3) is 0 Å². The van der Waals surface area contributed by atoms with Gasteiger partial charge in [0, 0.05) is 24.7 Å². The van der Waals surface area contributed by atoms with Crippen LogP contribution in [0.3, 0.4) is 0 Å². The molecule has 1 aliphatic heterocycles. The molecular formula is C12H12ClNO3S. The van der Waals surface area contributed by atoms with E-state index in [2.05, 4.69) is 0 Å². The maximum absolute atomic E-state index is 11.3. The molecule has 0 bridgehead atoms. The summed E-state index contributed by atoms with van der Waals surface area (Å²) in [7, 11) is -3.18. The van der Waals surface area contributed by atoms with E-state index in [1.807, 2.05) is 4.90 Å². The predicted molar refractivity (Wildman–Crippen MR) is 71.5 cm³/mol. The highest BCUT2D eigenvalue weighted by Gasteiger charge is 2.13. The molecule has 0 amide bonds. The summed E-state index contributed by atoms with van der Waals surface area (Å²) in [6, 6.07) is 6.50.